The third-order valence-electron chi connectivity index (χ3n) is 2.47. The molecule has 0 aliphatic rings. The standard InChI is InChI=1S/C12H15N3O/c1-4-14(2)12(16)15(3)11-8-6-5-7-10(11)9-13/h5-8H,4H2,1-3H3. The van der Waals surface area contributed by atoms with Crippen LogP contribution in [0.1, 0.15) is 12.5 Å². The number of urea groups is 1. The highest BCUT2D eigenvalue weighted by Crippen LogP contribution is 2.18. The van der Waals surface area contributed by atoms with E-state index in [1.807, 2.05) is 13.0 Å². The van der Waals surface area contributed by atoms with Gasteiger partial charge in [-0.1, -0.05) is 12.1 Å². The molecule has 0 bridgehead atoms. The van der Waals surface area contributed by atoms with E-state index in [-0.39, 0.29) is 6.03 Å². The number of para-hydroxylation sites is 1. The van der Waals surface area contributed by atoms with E-state index >= 15 is 0 Å². The van der Waals surface area contributed by atoms with Crippen molar-refractivity contribution in [1.82, 2.24) is 4.90 Å². The van der Waals surface area contributed by atoms with E-state index in [1.165, 1.54) is 4.90 Å². The predicted octanol–water partition coefficient (Wildman–Crippen LogP) is 2.07. The molecule has 1 aromatic carbocycles. The molecule has 0 N–H and O–H groups in total. The molecule has 0 saturated carbocycles. The van der Waals surface area contributed by atoms with Crippen molar-refractivity contribution in [1.29, 1.82) is 5.26 Å². The smallest absolute Gasteiger partial charge is 0.323 e. The second-order valence-corrected chi connectivity index (χ2v) is 3.48. The number of carbonyl (C=O) groups excluding carboxylic acids is 1. The molecule has 4 heteroatoms. The van der Waals surface area contributed by atoms with Crippen molar-refractivity contribution in [3.8, 4) is 6.07 Å². The minimum absolute atomic E-state index is 0.120. The summed E-state index contributed by atoms with van der Waals surface area (Å²) in [4.78, 5) is 15.0. The zero-order valence-electron chi connectivity index (χ0n) is 9.77. The van der Waals surface area contributed by atoms with Crippen molar-refractivity contribution in [2.24, 2.45) is 0 Å². The molecule has 0 radical (unpaired) electrons. The summed E-state index contributed by atoms with van der Waals surface area (Å²) in [6.07, 6.45) is 0. The van der Waals surface area contributed by atoms with Gasteiger partial charge in [0.05, 0.1) is 11.3 Å². The van der Waals surface area contributed by atoms with Gasteiger partial charge >= 0.3 is 6.03 Å². The quantitative estimate of drug-likeness (QED) is 0.761. The Morgan fingerprint density at radius 1 is 1.38 bits per heavy atom. The Balaban J connectivity index is 3.01. The molecule has 1 rings (SSSR count). The lowest BCUT2D eigenvalue weighted by Crippen LogP contribution is -2.38. The zero-order valence-corrected chi connectivity index (χ0v) is 9.77. The van der Waals surface area contributed by atoms with Crippen LogP contribution in [0.4, 0.5) is 10.5 Å². The first-order valence-corrected chi connectivity index (χ1v) is 5.09. The monoisotopic (exact) mass is 217 g/mol. The molecule has 84 valence electrons. The third-order valence-corrected chi connectivity index (χ3v) is 2.47. The van der Waals surface area contributed by atoms with Crippen molar-refractivity contribution < 1.29 is 4.79 Å². The van der Waals surface area contributed by atoms with Crippen LogP contribution in [-0.4, -0.2) is 31.6 Å². The molecule has 0 aromatic heterocycles. The first-order valence-electron chi connectivity index (χ1n) is 5.09. The summed E-state index contributed by atoms with van der Waals surface area (Å²) >= 11 is 0. The number of nitrogens with zero attached hydrogens (tertiary/aromatic N) is 3. The molecular formula is C12H15N3O. The highest BCUT2D eigenvalue weighted by Gasteiger charge is 2.16. The Morgan fingerprint density at radius 3 is 2.56 bits per heavy atom. The molecule has 0 saturated heterocycles. The summed E-state index contributed by atoms with van der Waals surface area (Å²) < 4.78 is 0. The minimum atomic E-state index is -0.120. The van der Waals surface area contributed by atoms with Crippen molar-refractivity contribution in [2.75, 3.05) is 25.5 Å². The lowest BCUT2D eigenvalue weighted by Gasteiger charge is -2.24. The SMILES string of the molecule is CCN(C)C(=O)N(C)c1ccccc1C#N. The van der Waals surface area contributed by atoms with Crippen LogP contribution in [0.3, 0.4) is 0 Å². The molecule has 4 nitrogen and oxygen atoms in total. The fourth-order valence-electron chi connectivity index (χ4n) is 1.36. The van der Waals surface area contributed by atoms with E-state index in [0.717, 1.165) is 0 Å². The van der Waals surface area contributed by atoms with Gasteiger partial charge < -0.3 is 4.90 Å². The molecule has 2 amide bonds. The third kappa shape index (κ3) is 2.31. The van der Waals surface area contributed by atoms with Gasteiger partial charge in [0.25, 0.3) is 0 Å². The first kappa shape index (κ1) is 12.1. The Kier molecular flexibility index (Phi) is 3.90. The second-order valence-electron chi connectivity index (χ2n) is 3.48. The van der Waals surface area contributed by atoms with Gasteiger partial charge in [-0.2, -0.15) is 5.26 Å². The summed E-state index contributed by atoms with van der Waals surface area (Å²) in [6.45, 7) is 2.54. The highest BCUT2D eigenvalue weighted by molar-refractivity contribution is 5.92. The number of hydrogen-bond donors (Lipinski definition) is 0. The first-order chi connectivity index (χ1) is 7.61. The summed E-state index contributed by atoms with van der Waals surface area (Å²) in [5.41, 5.74) is 1.14. The molecule has 16 heavy (non-hydrogen) atoms. The Morgan fingerprint density at radius 2 is 2.00 bits per heavy atom. The van der Waals surface area contributed by atoms with Gasteiger partial charge in [-0.15, -0.1) is 0 Å². The van der Waals surface area contributed by atoms with Crippen molar-refractivity contribution in [3.05, 3.63) is 29.8 Å². The summed E-state index contributed by atoms with van der Waals surface area (Å²) in [5.74, 6) is 0. The fraction of sp³-hybridized carbons (Fsp3) is 0.333. The molecule has 1 aromatic rings. The molecular weight excluding hydrogens is 202 g/mol. The van der Waals surface area contributed by atoms with Crippen LogP contribution in [0.25, 0.3) is 0 Å². The maximum Gasteiger partial charge on any atom is 0.323 e. The van der Waals surface area contributed by atoms with Crippen LogP contribution >= 0.6 is 0 Å². The zero-order chi connectivity index (χ0) is 12.1. The van der Waals surface area contributed by atoms with Crippen LogP contribution in [0.15, 0.2) is 24.3 Å². The van der Waals surface area contributed by atoms with Gasteiger partial charge in [-0.25, -0.2) is 4.79 Å². The second kappa shape index (κ2) is 5.17. The summed E-state index contributed by atoms with van der Waals surface area (Å²) in [5, 5.41) is 8.94. The van der Waals surface area contributed by atoms with Gasteiger partial charge in [-0.3, -0.25) is 4.90 Å². The topological polar surface area (TPSA) is 47.3 Å². The molecule has 0 unspecified atom stereocenters. The molecule has 0 spiro atoms. The van der Waals surface area contributed by atoms with E-state index in [4.69, 9.17) is 5.26 Å². The summed E-state index contributed by atoms with van der Waals surface area (Å²) in [7, 11) is 3.40. The van der Waals surface area contributed by atoms with Gasteiger partial charge in [0.2, 0.25) is 0 Å². The molecule has 0 heterocycles. The number of amides is 2. The van der Waals surface area contributed by atoms with Crippen molar-refractivity contribution in [2.45, 2.75) is 6.92 Å². The number of benzene rings is 1. The van der Waals surface area contributed by atoms with E-state index < -0.39 is 0 Å². The predicted molar refractivity (Wildman–Crippen MR) is 63.3 cm³/mol. The van der Waals surface area contributed by atoms with E-state index in [2.05, 4.69) is 6.07 Å². The summed E-state index contributed by atoms with van der Waals surface area (Å²) in [6, 6.07) is 9.01. The van der Waals surface area contributed by atoms with Gasteiger partial charge in [0.1, 0.15) is 6.07 Å². The largest absolute Gasteiger partial charge is 0.328 e. The fourth-order valence-corrected chi connectivity index (χ4v) is 1.36. The van der Waals surface area contributed by atoms with Crippen LogP contribution in [0.2, 0.25) is 0 Å². The highest BCUT2D eigenvalue weighted by atomic mass is 16.2. The molecule has 0 aliphatic carbocycles. The van der Waals surface area contributed by atoms with E-state index in [9.17, 15) is 4.79 Å². The lowest BCUT2D eigenvalue weighted by molar-refractivity contribution is 0.219. The van der Waals surface area contributed by atoms with E-state index in [1.54, 1.807) is 37.2 Å². The van der Waals surface area contributed by atoms with Crippen LogP contribution in [0, 0.1) is 11.3 Å². The van der Waals surface area contributed by atoms with Gasteiger partial charge in [-0.05, 0) is 19.1 Å². The normalized spacial score (nSPS) is 9.38. The Hall–Kier alpha value is -2.02. The van der Waals surface area contributed by atoms with Gasteiger partial charge in [0, 0.05) is 20.6 Å². The number of anilines is 1. The molecule has 0 atom stereocenters. The molecule has 0 aliphatic heterocycles. The van der Waals surface area contributed by atoms with E-state index in [0.29, 0.717) is 17.8 Å². The number of rotatable bonds is 2. The van der Waals surface area contributed by atoms with Crippen LogP contribution in [0.5, 0.6) is 0 Å². The Bertz CT molecular complexity index is 423. The van der Waals surface area contributed by atoms with Crippen LogP contribution < -0.4 is 4.90 Å². The van der Waals surface area contributed by atoms with Crippen LogP contribution in [-0.2, 0) is 0 Å². The number of hydrogen-bond acceptors (Lipinski definition) is 2. The lowest BCUT2D eigenvalue weighted by atomic mass is 10.2. The minimum Gasteiger partial charge on any atom is -0.328 e. The Labute approximate surface area is 95.7 Å². The number of carbonyl (C=O) groups is 1. The number of nitriles is 1. The van der Waals surface area contributed by atoms with Crippen molar-refractivity contribution >= 4 is 11.7 Å². The van der Waals surface area contributed by atoms with Gasteiger partial charge in [0.15, 0.2) is 0 Å². The maximum absolute atomic E-state index is 11.9. The van der Waals surface area contributed by atoms with Crippen molar-refractivity contribution in [3.63, 3.8) is 0 Å². The average molecular weight is 217 g/mol. The molecule has 0 fully saturated rings. The maximum atomic E-state index is 11.9. The average Bonchev–Trinajstić information content (AvgIpc) is 2.35.